The van der Waals surface area contributed by atoms with Gasteiger partial charge in [-0.25, -0.2) is 0 Å². The first-order chi connectivity index (χ1) is 6.91. The maximum atomic E-state index is 8.06. The second-order valence-corrected chi connectivity index (χ2v) is 3.59. The topological polar surface area (TPSA) is 56.3 Å². The normalized spacial score (nSPS) is 10.5. The predicted octanol–water partition coefficient (Wildman–Crippen LogP) is 0.687. The number of hydrogen-bond acceptors (Lipinski definition) is 4. The van der Waals surface area contributed by atoms with E-state index in [2.05, 4.69) is 43.6 Å². The van der Waals surface area contributed by atoms with E-state index in [-0.39, 0.29) is 33.6 Å². The summed E-state index contributed by atoms with van der Waals surface area (Å²) in [5.41, 5.74) is 0. The van der Waals surface area contributed by atoms with Crippen molar-refractivity contribution in [1.82, 2.24) is 16.0 Å². The first-order valence-electron chi connectivity index (χ1n) is 5.70. The fourth-order valence-corrected chi connectivity index (χ4v) is 1.09. The van der Waals surface area contributed by atoms with Crippen LogP contribution < -0.4 is 16.0 Å². The van der Waals surface area contributed by atoms with Crippen molar-refractivity contribution in [2.45, 2.75) is 46.5 Å². The van der Waals surface area contributed by atoms with Crippen molar-refractivity contribution in [2.24, 2.45) is 0 Å². The molecule has 0 radical (unpaired) electrons. The van der Waals surface area contributed by atoms with Gasteiger partial charge in [-0.05, 0) is 39.3 Å². The van der Waals surface area contributed by atoms with Crippen molar-refractivity contribution in [3.63, 3.8) is 0 Å². The zero-order valence-electron chi connectivity index (χ0n) is 11.4. The summed E-state index contributed by atoms with van der Waals surface area (Å²) in [5.74, 6) is -0.349. The number of rotatable bonds is 6. The van der Waals surface area contributed by atoms with Gasteiger partial charge in [0.15, 0.2) is 0 Å². The molecule has 5 heteroatoms. The molecule has 0 aliphatic heterocycles. The first kappa shape index (κ1) is 21.8. The summed E-state index contributed by atoms with van der Waals surface area (Å²) >= 11 is 0. The molecule has 0 atom stereocenters. The van der Waals surface area contributed by atoms with Crippen molar-refractivity contribution in [3.05, 3.63) is 6.92 Å². The summed E-state index contributed by atoms with van der Waals surface area (Å²) in [7, 11) is 0. The number of nitrogens with one attached hydrogen (secondary N) is 3. The molecular formula is C11H28N3OTi-. The maximum absolute atomic E-state index is 8.06. The SMILES string of the molecule is CC(C)O.[CH2-]C(NCC)(NCC)NCC.[Ti]. The summed E-state index contributed by atoms with van der Waals surface area (Å²) in [4.78, 5) is 0. The van der Waals surface area contributed by atoms with Crippen LogP contribution in [0.2, 0.25) is 0 Å². The zero-order chi connectivity index (χ0) is 12.3. The van der Waals surface area contributed by atoms with Crippen molar-refractivity contribution >= 4 is 0 Å². The van der Waals surface area contributed by atoms with Crippen LogP contribution in [0.5, 0.6) is 0 Å². The summed E-state index contributed by atoms with van der Waals surface area (Å²) in [6.45, 7) is 16.4. The summed E-state index contributed by atoms with van der Waals surface area (Å²) in [5, 5.41) is 17.7. The predicted molar refractivity (Wildman–Crippen MR) is 66.5 cm³/mol. The van der Waals surface area contributed by atoms with Crippen molar-refractivity contribution in [2.75, 3.05) is 19.6 Å². The maximum Gasteiger partial charge on any atom is 0.0483 e. The van der Waals surface area contributed by atoms with Gasteiger partial charge >= 0.3 is 0 Å². The van der Waals surface area contributed by atoms with E-state index in [1.165, 1.54) is 0 Å². The fraction of sp³-hybridized carbons (Fsp3) is 0.909. The monoisotopic (exact) mass is 266 g/mol. The van der Waals surface area contributed by atoms with Gasteiger partial charge in [-0.3, -0.25) is 6.92 Å². The molecule has 98 valence electrons. The summed E-state index contributed by atoms with van der Waals surface area (Å²) in [6.07, 6.45) is -0.167. The van der Waals surface area contributed by atoms with Gasteiger partial charge in [-0.2, -0.15) is 0 Å². The molecule has 0 saturated heterocycles. The molecule has 0 rings (SSSR count). The van der Waals surface area contributed by atoms with Gasteiger partial charge in [0, 0.05) is 27.8 Å². The van der Waals surface area contributed by atoms with Crippen LogP contribution in [0.25, 0.3) is 0 Å². The van der Waals surface area contributed by atoms with Crippen LogP contribution in [0.1, 0.15) is 34.6 Å². The largest absolute Gasteiger partial charge is 0.394 e. The fourth-order valence-electron chi connectivity index (χ4n) is 1.09. The van der Waals surface area contributed by atoms with Gasteiger partial charge in [-0.1, -0.05) is 20.8 Å². The van der Waals surface area contributed by atoms with Gasteiger partial charge in [0.25, 0.3) is 0 Å². The Morgan fingerprint density at radius 3 is 1.31 bits per heavy atom. The average molecular weight is 266 g/mol. The molecule has 0 aromatic carbocycles. The van der Waals surface area contributed by atoms with Gasteiger partial charge in [0.2, 0.25) is 0 Å². The molecule has 0 heterocycles. The number of aliphatic hydroxyl groups is 1. The standard InChI is InChI=1S/C8H20N3.C3H8O.Ti/c1-5-9-8(4,10-6-2)11-7-3;1-3(2)4;/h9-11H,4-7H2,1-3H3;3-4H,1-2H3;/q-1;;. The minimum absolute atomic E-state index is 0. The van der Waals surface area contributed by atoms with Crippen LogP contribution in [-0.4, -0.2) is 36.6 Å². The van der Waals surface area contributed by atoms with E-state index >= 15 is 0 Å². The Morgan fingerprint density at radius 1 is 1.00 bits per heavy atom. The van der Waals surface area contributed by atoms with Crippen LogP contribution in [-0.2, 0) is 21.7 Å². The quantitative estimate of drug-likeness (QED) is 0.324. The van der Waals surface area contributed by atoms with E-state index < -0.39 is 0 Å². The molecule has 0 spiro atoms. The van der Waals surface area contributed by atoms with Crippen LogP contribution in [0.3, 0.4) is 0 Å². The van der Waals surface area contributed by atoms with Crippen molar-refractivity contribution in [3.8, 4) is 0 Å². The zero-order valence-corrected chi connectivity index (χ0v) is 12.9. The molecule has 0 fully saturated rings. The van der Waals surface area contributed by atoms with E-state index in [9.17, 15) is 0 Å². The first-order valence-corrected chi connectivity index (χ1v) is 5.70. The minimum Gasteiger partial charge on any atom is -0.394 e. The van der Waals surface area contributed by atoms with Crippen LogP contribution in [0, 0.1) is 6.92 Å². The second-order valence-electron chi connectivity index (χ2n) is 3.59. The Labute approximate surface area is 116 Å². The Morgan fingerprint density at radius 2 is 1.19 bits per heavy atom. The molecule has 16 heavy (non-hydrogen) atoms. The third kappa shape index (κ3) is 17.0. The third-order valence-electron chi connectivity index (χ3n) is 1.44. The van der Waals surface area contributed by atoms with E-state index in [0.29, 0.717) is 0 Å². The molecular weight excluding hydrogens is 238 g/mol. The van der Waals surface area contributed by atoms with Gasteiger partial charge < -0.3 is 21.1 Å². The van der Waals surface area contributed by atoms with Crippen molar-refractivity contribution < 1.29 is 26.8 Å². The summed E-state index contributed by atoms with van der Waals surface area (Å²) < 4.78 is 0. The Hall–Kier alpha value is 0.554. The molecule has 0 aliphatic rings. The third-order valence-corrected chi connectivity index (χ3v) is 1.44. The molecule has 4 nitrogen and oxygen atoms in total. The Bertz CT molecular complexity index is 115. The van der Waals surface area contributed by atoms with E-state index in [4.69, 9.17) is 5.11 Å². The van der Waals surface area contributed by atoms with Gasteiger partial charge in [-0.15, -0.1) is 0 Å². The van der Waals surface area contributed by atoms with Crippen molar-refractivity contribution in [1.29, 1.82) is 0 Å². The molecule has 0 amide bonds. The van der Waals surface area contributed by atoms with Gasteiger partial charge in [0.05, 0.1) is 0 Å². The van der Waals surface area contributed by atoms with Crippen LogP contribution in [0.15, 0.2) is 0 Å². The number of aliphatic hydroxyl groups excluding tert-OH is 1. The van der Waals surface area contributed by atoms with Crippen LogP contribution in [0.4, 0.5) is 0 Å². The molecule has 0 aliphatic carbocycles. The number of hydrogen-bond donors (Lipinski definition) is 4. The molecule has 0 aromatic rings. The average Bonchev–Trinajstić information content (AvgIpc) is 2.03. The van der Waals surface area contributed by atoms with E-state index in [1.54, 1.807) is 13.8 Å². The molecule has 0 unspecified atom stereocenters. The Balaban J connectivity index is -0.000000292. The van der Waals surface area contributed by atoms with Crippen LogP contribution >= 0.6 is 0 Å². The smallest absolute Gasteiger partial charge is 0.0483 e. The van der Waals surface area contributed by atoms with Gasteiger partial charge in [0.1, 0.15) is 0 Å². The minimum atomic E-state index is -0.349. The van der Waals surface area contributed by atoms with E-state index in [0.717, 1.165) is 19.6 Å². The Kier molecular flexibility index (Phi) is 18.6. The summed E-state index contributed by atoms with van der Waals surface area (Å²) in [6, 6.07) is 0. The molecule has 0 bridgehead atoms. The molecule has 4 N–H and O–H groups in total. The van der Waals surface area contributed by atoms with E-state index in [1.807, 2.05) is 0 Å². The molecule has 0 aromatic heterocycles. The second kappa shape index (κ2) is 13.6. The molecule has 0 saturated carbocycles.